The summed E-state index contributed by atoms with van der Waals surface area (Å²) in [6.45, 7) is 1.22. The molecule has 29 heavy (non-hydrogen) atoms. The van der Waals surface area contributed by atoms with Gasteiger partial charge in [-0.3, -0.25) is 14.9 Å². The Hall–Kier alpha value is -3.55. The zero-order valence-corrected chi connectivity index (χ0v) is 15.7. The second-order valence-electron chi connectivity index (χ2n) is 7.00. The number of nitro benzene ring substituents is 1. The third kappa shape index (κ3) is 4.48. The molecule has 0 N–H and O–H groups in total. The summed E-state index contributed by atoms with van der Waals surface area (Å²) >= 11 is 0. The van der Waals surface area contributed by atoms with E-state index < -0.39 is 4.92 Å². The largest absolute Gasteiger partial charge is 0.473 e. The minimum atomic E-state index is -0.448. The van der Waals surface area contributed by atoms with Crippen molar-refractivity contribution in [2.75, 3.05) is 13.1 Å². The van der Waals surface area contributed by atoms with Crippen molar-refractivity contribution in [2.24, 2.45) is 0 Å². The van der Waals surface area contributed by atoms with Crippen molar-refractivity contribution < 1.29 is 14.5 Å². The molecule has 2 heterocycles. The fraction of sp³-hybridized carbons (Fsp3) is 0.286. The first-order valence-electron chi connectivity index (χ1n) is 9.48. The van der Waals surface area contributed by atoms with E-state index in [4.69, 9.17) is 4.74 Å². The van der Waals surface area contributed by atoms with Crippen LogP contribution in [0.4, 0.5) is 5.69 Å². The molecule has 8 nitrogen and oxygen atoms in total. The van der Waals surface area contributed by atoms with Crippen molar-refractivity contribution >= 4 is 22.6 Å². The van der Waals surface area contributed by atoms with Crippen LogP contribution in [0.25, 0.3) is 11.0 Å². The summed E-state index contributed by atoms with van der Waals surface area (Å²) in [6.07, 6.45) is 3.31. The quantitative estimate of drug-likeness (QED) is 0.489. The number of carbonyl (C=O) groups excluding carboxylic acids is 1. The summed E-state index contributed by atoms with van der Waals surface area (Å²) in [6, 6.07) is 13.7. The average molecular weight is 392 g/mol. The van der Waals surface area contributed by atoms with Crippen LogP contribution in [-0.4, -0.2) is 44.9 Å². The number of ether oxygens (including phenoxy) is 1. The van der Waals surface area contributed by atoms with E-state index in [2.05, 4.69) is 9.97 Å². The number of benzene rings is 2. The fourth-order valence-corrected chi connectivity index (χ4v) is 3.41. The van der Waals surface area contributed by atoms with Crippen LogP contribution in [-0.2, 0) is 11.2 Å². The smallest absolute Gasteiger partial charge is 0.269 e. The van der Waals surface area contributed by atoms with Gasteiger partial charge >= 0.3 is 0 Å². The highest BCUT2D eigenvalue weighted by atomic mass is 16.6. The summed E-state index contributed by atoms with van der Waals surface area (Å²) in [7, 11) is 0. The molecule has 0 saturated carbocycles. The van der Waals surface area contributed by atoms with Gasteiger partial charge in [0, 0.05) is 38.1 Å². The summed E-state index contributed by atoms with van der Waals surface area (Å²) in [5.41, 5.74) is 2.41. The SMILES string of the molecule is O=C(Cc1ccc([N+](=O)[O-])cc1)N1CCC(Oc2cnc3ccccc3n2)CC1. The van der Waals surface area contributed by atoms with Crippen molar-refractivity contribution in [3.63, 3.8) is 0 Å². The van der Waals surface area contributed by atoms with E-state index in [1.807, 2.05) is 29.2 Å². The Morgan fingerprint density at radius 1 is 1.10 bits per heavy atom. The van der Waals surface area contributed by atoms with Gasteiger partial charge in [-0.1, -0.05) is 24.3 Å². The van der Waals surface area contributed by atoms with E-state index in [0.717, 1.165) is 29.4 Å². The van der Waals surface area contributed by atoms with Crippen LogP contribution in [0.5, 0.6) is 5.88 Å². The van der Waals surface area contributed by atoms with E-state index in [0.29, 0.717) is 19.0 Å². The summed E-state index contributed by atoms with van der Waals surface area (Å²) in [5.74, 6) is 0.516. The van der Waals surface area contributed by atoms with Gasteiger partial charge in [-0.25, -0.2) is 9.97 Å². The van der Waals surface area contributed by atoms with E-state index in [9.17, 15) is 14.9 Å². The number of hydrogen-bond acceptors (Lipinski definition) is 6. The number of nitrogens with zero attached hydrogens (tertiary/aromatic N) is 4. The Morgan fingerprint density at radius 2 is 1.79 bits per heavy atom. The lowest BCUT2D eigenvalue weighted by Gasteiger charge is -2.32. The molecule has 1 aliphatic rings. The molecule has 0 aliphatic carbocycles. The number of rotatable bonds is 5. The van der Waals surface area contributed by atoms with Crippen molar-refractivity contribution in [1.29, 1.82) is 0 Å². The molecular weight excluding hydrogens is 372 g/mol. The Morgan fingerprint density at radius 3 is 2.48 bits per heavy atom. The second kappa shape index (κ2) is 8.22. The Bertz CT molecular complexity index is 1030. The highest BCUT2D eigenvalue weighted by molar-refractivity contribution is 5.79. The molecule has 8 heteroatoms. The molecule has 1 saturated heterocycles. The Labute approximate surface area is 167 Å². The van der Waals surface area contributed by atoms with Crippen molar-refractivity contribution in [3.05, 3.63) is 70.4 Å². The lowest BCUT2D eigenvalue weighted by Crippen LogP contribution is -2.42. The second-order valence-corrected chi connectivity index (χ2v) is 7.00. The van der Waals surface area contributed by atoms with E-state index >= 15 is 0 Å². The van der Waals surface area contributed by atoms with Crippen LogP contribution >= 0.6 is 0 Å². The van der Waals surface area contributed by atoms with Crippen molar-refractivity contribution in [1.82, 2.24) is 14.9 Å². The molecule has 0 spiro atoms. The third-order valence-corrected chi connectivity index (χ3v) is 5.01. The zero-order valence-electron chi connectivity index (χ0n) is 15.7. The summed E-state index contributed by atoms with van der Waals surface area (Å²) in [4.78, 5) is 33.5. The fourth-order valence-electron chi connectivity index (χ4n) is 3.41. The lowest BCUT2D eigenvalue weighted by atomic mass is 10.1. The topological polar surface area (TPSA) is 98.5 Å². The molecule has 2 aromatic carbocycles. The van der Waals surface area contributed by atoms with Gasteiger partial charge in [0.15, 0.2) is 0 Å². The van der Waals surface area contributed by atoms with Crippen LogP contribution in [0.15, 0.2) is 54.7 Å². The van der Waals surface area contributed by atoms with Gasteiger partial charge in [0.25, 0.3) is 5.69 Å². The van der Waals surface area contributed by atoms with Gasteiger partial charge in [0.05, 0.1) is 28.6 Å². The Kier molecular flexibility index (Phi) is 5.33. The zero-order chi connectivity index (χ0) is 20.2. The van der Waals surface area contributed by atoms with Crippen molar-refractivity contribution in [2.45, 2.75) is 25.4 Å². The number of non-ortho nitro benzene ring substituents is 1. The molecule has 0 bridgehead atoms. The highest BCUT2D eigenvalue weighted by Crippen LogP contribution is 2.20. The third-order valence-electron chi connectivity index (χ3n) is 5.01. The molecule has 0 unspecified atom stereocenters. The van der Waals surface area contributed by atoms with E-state index in [1.54, 1.807) is 18.3 Å². The van der Waals surface area contributed by atoms with Gasteiger partial charge in [-0.15, -0.1) is 0 Å². The molecule has 0 radical (unpaired) electrons. The first-order valence-corrected chi connectivity index (χ1v) is 9.48. The van der Waals surface area contributed by atoms with Crippen LogP contribution in [0, 0.1) is 10.1 Å². The molecule has 1 aromatic heterocycles. The number of carbonyl (C=O) groups is 1. The maximum Gasteiger partial charge on any atom is 0.269 e. The number of amides is 1. The van der Waals surface area contributed by atoms with Crippen molar-refractivity contribution in [3.8, 4) is 5.88 Å². The minimum absolute atomic E-state index is 0.00566. The predicted molar refractivity (Wildman–Crippen MR) is 107 cm³/mol. The van der Waals surface area contributed by atoms with Crippen LogP contribution in [0.1, 0.15) is 18.4 Å². The molecule has 148 valence electrons. The number of para-hydroxylation sites is 2. The molecule has 1 amide bonds. The molecular formula is C21H20N4O4. The number of likely N-dealkylation sites (tertiary alicyclic amines) is 1. The normalized spacial score (nSPS) is 14.7. The van der Waals surface area contributed by atoms with Gasteiger partial charge in [0.1, 0.15) is 6.10 Å². The van der Waals surface area contributed by atoms with Crippen LogP contribution in [0.3, 0.4) is 0 Å². The first-order chi connectivity index (χ1) is 14.1. The highest BCUT2D eigenvalue weighted by Gasteiger charge is 2.24. The van der Waals surface area contributed by atoms with Gasteiger partial charge in [0.2, 0.25) is 11.8 Å². The lowest BCUT2D eigenvalue weighted by molar-refractivity contribution is -0.384. The molecule has 1 fully saturated rings. The maximum atomic E-state index is 12.5. The number of nitro groups is 1. The predicted octanol–water partition coefficient (Wildman–Crippen LogP) is 3.15. The molecule has 0 atom stereocenters. The van der Waals surface area contributed by atoms with Gasteiger partial charge in [-0.05, 0) is 17.7 Å². The molecule has 4 rings (SSSR count). The van der Waals surface area contributed by atoms with Crippen LogP contribution < -0.4 is 4.74 Å². The van der Waals surface area contributed by atoms with Gasteiger partial charge < -0.3 is 9.64 Å². The number of piperidine rings is 1. The van der Waals surface area contributed by atoms with E-state index in [-0.39, 0.29) is 24.1 Å². The summed E-state index contributed by atoms with van der Waals surface area (Å²) < 4.78 is 5.97. The minimum Gasteiger partial charge on any atom is -0.473 e. The number of fused-ring (bicyclic) bond motifs is 1. The van der Waals surface area contributed by atoms with E-state index in [1.165, 1.54) is 12.1 Å². The molecule has 3 aromatic rings. The standard InChI is InChI=1S/C21H20N4O4/c26-21(13-15-5-7-16(8-6-15)25(27)28)24-11-9-17(10-12-24)29-20-14-22-18-3-1-2-4-19(18)23-20/h1-8,14,17H,9-13H2. The first kappa shape index (κ1) is 18.8. The van der Waals surface area contributed by atoms with Gasteiger partial charge in [-0.2, -0.15) is 0 Å². The number of hydrogen-bond donors (Lipinski definition) is 0. The average Bonchev–Trinajstić information content (AvgIpc) is 2.74. The number of aromatic nitrogens is 2. The summed E-state index contributed by atoms with van der Waals surface area (Å²) in [5, 5.41) is 10.7. The Balaban J connectivity index is 1.30. The monoisotopic (exact) mass is 392 g/mol. The molecule has 1 aliphatic heterocycles. The maximum absolute atomic E-state index is 12.5. The van der Waals surface area contributed by atoms with Crippen LogP contribution in [0.2, 0.25) is 0 Å².